The van der Waals surface area contributed by atoms with Gasteiger partial charge in [-0.15, -0.1) is 0 Å². The zero-order valence-corrected chi connectivity index (χ0v) is 11.8. The number of ether oxygens (including phenoxy) is 1. The lowest BCUT2D eigenvalue weighted by Crippen LogP contribution is -2.40. The Kier molecular flexibility index (Phi) is 4.73. The van der Waals surface area contributed by atoms with E-state index in [1.54, 1.807) is 14.2 Å². The topological polar surface area (TPSA) is 64.4 Å². The number of methoxy groups -OCH3 is 1. The minimum absolute atomic E-state index is 0.138. The largest absolute Gasteiger partial charge is 0.496 e. The third kappa shape index (κ3) is 2.82. The monoisotopic (exact) mass is 250 g/mol. The van der Waals surface area contributed by atoms with Crippen LogP contribution in [0.15, 0.2) is 6.07 Å². The minimum atomic E-state index is -0.513. The zero-order chi connectivity index (χ0) is 13.9. The van der Waals surface area contributed by atoms with Gasteiger partial charge in [-0.05, 0) is 49.4 Å². The SMILES string of the molecule is CNC(=O)C(N)Cc1cc(C)c(OC)c(C)c1C. The fourth-order valence-electron chi connectivity index (χ4n) is 2.18. The molecule has 0 saturated carbocycles. The van der Waals surface area contributed by atoms with Crippen LogP contribution in [-0.4, -0.2) is 26.1 Å². The van der Waals surface area contributed by atoms with E-state index in [4.69, 9.17) is 10.5 Å². The van der Waals surface area contributed by atoms with Crippen LogP contribution in [-0.2, 0) is 11.2 Å². The maximum Gasteiger partial charge on any atom is 0.237 e. The average Bonchev–Trinajstić information content (AvgIpc) is 2.35. The van der Waals surface area contributed by atoms with E-state index in [9.17, 15) is 4.79 Å². The Labute approximate surface area is 109 Å². The maximum absolute atomic E-state index is 11.5. The van der Waals surface area contributed by atoms with E-state index in [0.717, 1.165) is 28.0 Å². The molecule has 0 heterocycles. The van der Waals surface area contributed by atoms with Gasteiger partial charge in [-0.25, -0.2) is 0 Å². The van der Waals surface area contributed by atoms with Crippen LogP contribution in [0.5, 0.6) is 5.75 Å². The van der Waals surface area contributed by atoms with Crippen LogP contribution in [0.4, 0.5) is 0 Å². The molecule has 1 amide bonds. The number of benzene rings is 1. The molecule has 1 atom stereocenters. The van der Waals surface area contributed by atoms with Gasteiger partial charge in [0.05, 0.1) is 13.2 Å². The highest BCUT2D eigenvalue weighted by atomic mass is 16.5. The fraction of sp³-hybridized carbons (Fsp3) is 0.500. The molecule has 0 aliphatic rings. The van der Waals surface area contributed by atoms with Crippen LogP contribution < -0.4 is 15.8 Å². The van der Waals surface area contributed by atoms with Crippen molar-refractivity contribution < 1.29 is 9.53 Å². The van der Waals surface area contributed by atoms with Gasteiger partial charge in [0.15, 0.2) is 0 Å². The van der Waals surface area contributed by atoms with Crippen LogP contribution in [0.25, 0.3) is 0 Å². The molecule has 1 aromatic rings. The van der Waals surface area contributed by atoms with Crippen molar-refractivity contribution in [3.8, 4) is 5.75 Å². The minimum Gasteiger partial charge on any atom is -0.496 e. The van der Waals surface area contributed by atoms with Gasteiger partial charge >= 0.3 is 0 Å². The number of nitrogens with one attached hydrogen (secondary N) is 1. The first kappa shape index (κ1) is 14.5. The van der Waals surface area contributed by atoms with Gasteiger partial charge in [0, 0.05) is 7.05 Å². The summed E-state index contributed by atoms with van der Waals surface area (Å²) in [5.41, 5.74) is 10.3. The molecule has 0 bridgehead atoms. The summed E-state index contributed by atoms with van der Waals surface area (Å²) in [6, 6.07) is 1.53. The van der Waals surface area contributed by atoms with Crippen LogP contribution in [0.2, 0.25) is 0 Å². The molecule has 1 unspecified atom stereocenters. The van der Waals surface area contributed by atoms with Gasteiger partial charge in [-0.1, -0.05) is 6.07 Å². The van der Waals surface area contributed by atoms with Crippen molar-refractivity contribution in [1.29, 1.82) is 0 Å². The summed E-state index contributed by atoms with van der Waals surface area (Å²) in [6.45, 7) is 6.06. The summed E-state index contributed by atoms with van der Waals surface area (Å²) in [5.74, 6) is 0.769. The number of likely N-dealkylation sites (N-methyl/N-ethyl adjacent to an activating group) is 1. The Hall–Kier alpha value is -1.55. The number of hydrogen-bond acceptors (Lipinski definition) is 3. The van der Waals surface area contributed by atoms with Crippen molar-refractivity contribution in [3.63, 3.8) is 0 Å². The summed E-state index contributed by atoms with van der Waals surface area (Å²) in [7, 11) is 3.27. The molecular weight excluding hydrogens is 228 g/mol. The van der Waals surface area contributed by atoms with Crippen molar-refractivity contribution in [1.82, 2.24) is 5.32 Å². The molecule has 100 valence electrons. The average molecular weight is 250 g/mol. The quantitative estimate of drug-likeness (QED) is 0.845. The van der Waals surface area contributed by atoms with Crippen molar-refractivity contribution in [2.24, 2.45) is 5.73 Å². The third-order valence-electron chi connectivity index (χ3n) is 3.36. The maximum atomic E-state index is 11.5. The van der Waals surface area contributed by atoms with E-state index in [1.165, 1.54) is 0 Å². The number of aryl methyl sites for hydroxylation is 1. The fourth-order valence-corrected chi connectivity index (χ4v) is 2.18. The van der Waals surface area contributed by atoms with Gasteiger partial charge in [0.25, 0.3) is 0 Å². The summed E-state index contributed by atoms with van der Waals surface area (Å²) in [6.07, 6.45) is 0.539. The Morgan fingerprint density at radius 3 is 2.50 bits per heavy atom. The molecule has 0 aliphatic carbocycles. The molecule has 0 aromatic heterocycles. The molecule has 0 radical (unpaired) electrons. The number of hydrogen-bond donors (Lipinski definition) is 2. The van der Waals surface area contributed by atoms with Gasteiger partial charge in [0.2, 0.25) is 5.91 Å². The Bertz CT molecular complexity index is 456. The number of amides is 1. The third-order valence-corrected chi connectivity index (χ3v) is 3.36. The second-order valence-electron chi connectivity index (χ2n) is 4.56. The highest BCUT2D eigenvalue weighted by Crippen LogP contribution is 2.28. The molecule has 0 fully saturated rings. The normalized spacial score (nSPS) is 12.1. The lowest BCUT2D eigenvalue weighted by atomic mass is 9.94. The van der Waals surface area contributed by atoms with Gasteiger partial charge < -0.3 is 15.8 Å². The molecule has 4 heteroatoms. The molecule has 0 saturated heterocycles. The Balaban J connectivity index is 3.08. The Morgan fingerprint density at radius 2 is 2.00 bits per heavy atom. The predicted octanol–water partition coefficient (Wildman–Crippen LogP) is 1.24. The van der Waals surface area contributed by atoms with Crippen LogP contribution in [0, 0.1) is 20.8 Å². The van der Waals surface area contributed by atoms with Gasteiger partial charge in [-0.2, -0.15) is 0 Å². The molecule has 1 rings (SSSR count). The first-order chi connectivity index (χ1) is 8.42. The van der Waals surface area contributed by atoms with Crippen LogP contribution >= 0.6 is 0 Å². The molecular formula is C14H22N2O2. The van der Waals surface area contributed by atoms with Crippen molar-refractivity contribution in [2.75, 3.05) is 14.2 Å². The van der Waals surface area contributed by atoms with Crippen molar-refractivity contribution in [3.05, 3.63) is 28.3 Å². The highest BCUT2D eigenvalue weighted by Gasteiger charge is 2.16. The van der Waals surface area contributed by atoms with E-state index in [0.29, 0.717) is 6.42 Å². The first-order valence-corrected chi connectivity index (χ1v) is 6.03. The molecule has 1 aromatic carbocycles. The smallest absolute Gasteiger partial charge is 0.237 e. The lowest BCUT2D eigenvalue weighted by Gasteiger charge is -2.17. The number of rotatable bonds is 4. The standard InChI is InChI=1S/C14H22N2O2/c1-8-6-11(7-12(15)14(17)16-4)9(2)10(3)13(8)18-5/h6,12H,7,15H2,1-5H3,(H,16,17). The second kappa shape index (κ2) is 5.87. The zero-order valence-electron chi connectivity index (χ0n) is 11.8. The van der Waals surface area contributed by atoms with E-state index in [2.05, 4.69) is 5.32 Å². The molecule has 0 spiro atoms. The summed E-state index contributed by atoms with van der Waals surface area (Å²) in [5, 5.41) is 2.57. The molecule has 18 heavy (non-hydrogen) atoms. The first-order valence-electron chi connectivity index (χ1n) is 6.03. The van der Waals surface area contributed by atoms with Gasteiger partial charge in [-0.3, -0.25) is 4.79 Å². The molecule has 0 aliphatic heterocycles. The predicted molar refractivity (Wildman–Crippen MR) is 73.0 cm³/mol. The number of nitrogens with two attached hydrogens (primary N) is 1. The Morgan fingerprint density at radius 1 is 1.39 bits per heavy atom. The summed E-state index contributed by atoms with van der Waals surface area (Å²) < 4.78 is 5.37. The number of carbonyl (C=O) groups excluding carboxylic acids is 1. The molecule has 3 N–H and O–H groups in total. The lowest BCUT2D eigenvalue weighted by molar-refractivity contribution is -0.121. The van der Waals surface area contributed by atoms with E-state index in [1.807, 2.05) is 26.8 Å². The summed E-state index contributed by atoms with van der Waals surface area (Å²) in [4.78, 5) is 11.5. The van der Waals surface area contributed by atoms with Crippen LogP contribution in [0.1, 0.15) is 22.3 Å². The van der Waals surface area contributed by atoms with E-state index < -0.39 is 6.04 Å². The molecule has 4 nitrogen and oxygen atoms in total. The highest BCUT2D eigenvalue weighted by molar-refractivity contribution is 5.81. The van der Waals surface area contributed by atoms with E-state index in [-0.39, 0.29) is 5.91 Å². The van der Waals surface area contributed by atoms with Crippen molar-refractivity contribution >= 4 is 5.91 Å². The van der Waals surface area contributed by atoms with Gasteiger partial charge in [0.1, 0.15) is 5.75 Å². The number of carbonyl (C=O) groups is 1. The van der Waals surface area contributed by atoms with E-state index >= 15 is 0 Å². The van der Waals surface area contributed by atoms with Crippen molar-refractivity contribution in [2.45, 2.75) is 33.2 Å². The second-order valence-corrected chi connectivity index (χ2v) is 4.56. The summed E-state index contributed by atoms with van der Waals surface area (Å²) >= 11 is 0. The van der Waals surface area contributed by atoms with Crippen LogP contribution in [0.3, 0.4) is 0 Å².